The fourth-order valence-corrected chi connectivity index (χ4v) is 12.8. The van der Waals surface area contributed by atoms with Crippen molar-refractivity contribution in [2.45, 2.75) is 173 Å². The highest BCUT2D eigenvalue weighted by atomic mass is 16.7. The second-order valence-corrected chi connectivity index (χ2v) is 18.4. The number of aliphatic hydroxyl groups excluding tert-OH is 6. The Balaban J connectivity index is 1.24. The largest absolute Gasteiger partial charge is 0.394 e. The van der Waals surface area contributed by atoms with Crippen LogP contribution in [0.3, 0.4) is 0 Å². The molecule has 10 heteroatoms. The Morgan fingerprint density at radius 3 is 2.04 bits per heavy atom. The van der Waals surface area contributed by atoms with Crippen LogP contribution in [0.15, 0.2) is 0 Å². The van der Waals surface area contributed by atoms with Crippen LogP contribution in [0.1, 0.15) is 107 Å². The van der Waals surface area contributed by atoms with Crippen LogP contribution in [0.5, 0.6) is 0 Å². The summed E-state index contributed by atoms with van der Waals surface area (Å²) in [4.78, 5) is 0. The molecule has 6 rings (SSSR count). The second kappa shape index (κ2) is 11.3. The van der Waals surface area contributed by atoms with Crippen molar-refractivity contribution in [2.75, 3.05) is 6.61 Å². The van der Waals surface area contributed by atoms with Gasteiger partial charge in [-0.3, -0.25) is 0 Å². The van der Waals surface area contributed by atoms with Gasteiger partial charge < -0.3 is 50.0 Å². The van der Waals surface area contributed by atoms with Crippen molar-refractivity contribution in [3.63, 3.8) is 0 Å². The fourth-order valence-electron chi connectivity index (χ4n) is 12.8. The number of hydrogen-bond acceptors (Lipinski definition) is 10. The number of aliphatic hydroxyl groups is 7. The first-order valence-electron chi connectivity index (χ1n) is 17.9. The van der Waals surface area contributed by atoms with E-state index in [1.807, 2.05) is 0 Å². The first-order valence-corrected chi connectivity index (χ1v) is 17.9. The third-order valence-electron chi connectivity index (χ3n) is 15.3. The minimum atomic E-state index is -1.47. The van der Waals surface area contributed by atoms with Crippen LogP contribution < -0.4 is 0 Å². The van der Waals surface area contributed by atoms with Gasteiger partial charge in [0.1, 0.15) is 30.5 Å². The Hall–Kier alpha value is -0.400. The minimum Gasteiger partial charge on any atom is -0.394 e. The lowest BCUT2D eigenvalue weighted by Crippen LogP contribution is -2.67. The molecule has 4 saturated carbocycles. The molecule has 10 nitrogen and oxygen atoms in total. The van der Waals surface area contributed by atoms with E-state index >= 15 is 0 Å². The molecule has 7 N–H and O–H groups in total. The summed E-state index contributed by atoms with van der Waals surface area (Å²) in [7, 11) is 0. The van der Waals surface area contributed by atoms with E-state index in [9.17, 15) is 35.7 Å². The SMILES string of the molecule is CC(C)(O)[C@H]1O[C@](C)([C@H]2CC[C@]3(C)[C@@H]2[C@H](O)C[C@@H]2[C@@]4(C)CC[C@H](O[C@@H]5O[C@H](CO)[C@@H](O)[C@H](O)[C@H]5O)C(C)(C)[C@@H]4CC[C@]23C)C[C@@H]1O. The van der Waals surface area contributed by atoms with Crippen LogP contribution in [-0.2, 0) is 14.2 Å². The summed E-state index contributed by atoms with van der Waals surface area (Å²) in [5.41, 5.74) is -2.28. The maximum Gasteiger partial charge on any atom is 0.186 e. The van der Waals surface area contributed by atoms with Gasteiger partial charge in [0.2, 0.25) is 0 Å². The number of rotatable bonds is 5. The van der Waals surface area contributed by atoms with E-state index in [1.165, 1.54) is 0 Å². The Morgan fingerprint density at radius 2 is 1.43 bits per heavy atom. The first-order chi connectivity index (χ1) is 21.2. The van der Waals surface area contributed by atoms with Gasteiger partial charge in [-0.25, -0.2) is 0 Å². The Bertz CT molecular complexity index is 1140. The molecule has 6 aliphatic rings. The summed E-state index contributed by atoms with van der Waals surface area (Å²) in [6, 6.07) is 0. The fraction of sp³-hybridized carbons (Fsp3) is 1.00. The van der Waals surface area contributed by atoms with Crippen molar-refractivity contribution in [1.82, 2.24) is 0 Å². The van der Waals surface area contributed by atoms with E-state index in [0.29, 0.717) is 12.8 Å². The molecule has 0 unspecified atom stereocenters. The van der Waals surface area contributed by atoms with Crippen LogP contribution in [0.2, 0.25) is 0 Å². The van der Waals surface area contributed by atoms with Crippen molar-refractivity contribution < 1.29 is 50.0 Å². The van der Waals surface area contributed by atoms with Crippen molar-refractivity contribution in [2.24, 2.45) is 45.3 Å². The van der Waals surface area contributed by atoms with Gasteiger partial charge >= 0.3 is 0 Å². The third kappa shape index (κ3) is 4.94. The average Bonchev–Trinajstić information content (AvgIpc) is 3.50. The van der Waals surface area contributed by atoms with Gasteiger partial charge in [0.25, 0.3) is 0 Å². The molecule has 17 atom stereocenters. The van der Waals surface area contributed by atoms with Crippen molar-refractivity contribution in [3.05, 3.63) is 0 Å². The first kappa shape index (κ1) is 35.4. The van der Waals surface area contributed by atoms with E-state index in [0.717, 1.165) is 38.5 Å². The topological polar surface area (TPSA) is 169 Å². The third-order valence-corrected chi connectivity index (χ3v) is 15.3. The molecule has 2 heterocycles. The van der Waals surface area contributed by atoms with Crippen molar-refractivity contribution in [3.8, 4) is 0 Å². The molecule has 0 amide bonds. The monoisotopic (exact) mass is 654 g/mol. The molecule has 266 valence electrons. The lowest BCUT2D eigenvalue weighted by atomic mass is 9.35. The molecular formula is C36H62O10. The van der Waals surface area contributed by atoms with Crippen LogP contribution in [0.4, 0.5) is 0 Å². The smallest absolute Gasteiger partial charge is 0.186 e. The number of hydrogen-bond donors (Lipinski definition) is 7. The number of fused-ring (bicyclic) bond motifs is 5. The van der Waals surface area contributed by atoms with Gasteiger partial charge in [0, 0.05) is 6.42 Å². The summed E-state index contributed by atoms with van der Waals surface area (Å²) in [6.07, 6.45) is -1.96. The highest BCUT2D eigenvalue weighted by Crippen LogP contribution is 2.76. The molecular weight excluding hydrogens is 592 g/mol. The summed E-state index contributed by atoms with van der Waals surface area (Å²) in [6.45, 7) is 16.7. The minimum absolute atomic E-state index is 0.0127. The highest BCUT2D eigenvalue weighted by molar-refractivity contribution is 5.21. The summed E-state index contributed by atoms with van der Waals surface area (Å²) in [5, 5.41) is 74.9. The molecule has 6 fully saturated rings. The standard InChI is InChI=1S/C36H62O10/c1-31(2)22-10-14-34(6)23(33(22,5)12-11-24(31)45-30-28(42)27(41)26(40)21(17-37)44-30)15-19(38)25-18(9-13-35(25,34)7)36(8)16-20(39)29(46-36)32(3,4)43/h18-30,37-43H,9-17H2,1-8H3/t18-,19+,20-,21+,22-,23+,24-,25-,26+,27-,28+,29-,30-,33-,34+,35+,36-/m0/s1. The molecule has 0 aromatic rings. The lowest BCUT2D eigenvalue weighted by Gasteiger charge is -2.70. The van der Waals surface area contributed by atoms with Crippen LogP contribution in [0, 0.1) is 45.3 Å². The lowest BCUT2D eigenvalue weighted by molar-refractivity contribution is -0.332. The van der Waals surface area contributed by atoms with E-state index in [-0.39, 0.29) is 51.4 Å². The zero-order valence-corrected chi connectivity index (χ0v) is 29.2. The molecule has 0 aromatic heterocycles. The van der Waals surface area contributed by atoms with Gasteiger partial charge in [-0.1, -0.05) is 34.6 Å². The van der Waals surface area contributed by atoms with E-state index < -0.39 is 66.8 Å². The van der Waals surface area contributed by atoms with Gasteiger partial charge in [-0.05, 0) is 111 Å². The van der Waals surface area contributed by atoms with E-state index in [4.69, 9.17) is 14.2 Å². The quantitative estimate of drug-likeness (QED) is 0.219. The molecule has 2 aliphatic heterocycles. The highest BCUT2D eigenvalue weighted by Gasteiger charge is 2.72. The van der Waals surface area contributed by atoms with E-state index in [2.05, 4.69) is 41.5 Å². The summed E-state index contributed by atoms with van der Waals surface area (Å²) >= 11 is 0. The van der Waals surface area contributed by atoms with Gasteiger partial charge in [0.15, 0.2) is 6.29 Å². The van der Waals surface area contributed by atoms with Gasteiger partial charge in [-0.2, -0.15) is 0 Å². The molecule has 0 aromatic carbocycles. The van der Waals surface area contributed by atoms with Crippen LogP contribution in [0.25, 0.3) is 0 Å². The van der Waals surface area contributed by atoms with E-state index in [1.54, 1.807) is 13.8 Å². The zero-order valence-electron chi connectivity index (χ0n) is 29.2. The predicted molar refractivity (Wildman–Crippen MR) is 169 cm³/mol. The maximum absolute atomic E-state index is 12.2. The van der Waals surface area contributed by atoms with Crippen LogP contribution >= 0.6 is 0 Å². The second-order valence-electron chi connectivity index (χ2n) is 18.4. The summed E-state index contributed by atoms with van der Waals surface area (Å²) in [5.74, 6) is 0.681. The maximum atomic E-state index is 12.2. The van der Waals surface area contributed by atoms with Crippen LogP contribution in [-0.4, -0.2) is 109 Å². The summed E-state index contributed by atoms with van der Waals surface area (Å²) < 4.78 is 18.8. The molecule has 0 spiro atoms. The zero-order chi connectivity index (χ0) is 34.0. The molecule has 2 saturated heterocycles. The molecule has 0 bridgehead atoms. The normalized spacial score (nSPS) is 57.1. The van der Waals surface area contributed by atoms with Crippen molar-refractivity contribution >= 4 is 0 Å². The Morgan fingerprint density at radius 1 is 0.783 bits per heavy atom. The van der Waals surface area contributed by atoms with Gasteiger partial charge in [-0.15, -0.1) is 0 Å². The van der Waals surface area contributed by atoms with Gasteiger partial charge in [0.05, 0.1) is 36.1 Å². The molecule has 46 heavy (non-hydrogen) atoms. The molecule has 4 aliphatic carbocycles. The Labute approximate surface area is 274 Å². The number of ether oxygens (including phenoxy) is 3. The predicted octanol–water partition coefficient (Wildman–Crippen LogP) is 2.51. The Kier molecular flexibility index (Phi) is 8.71. The average molecular weight is 655 g/mol. The van der Waals surface area contributed by atoms with Crippen molar-refractivity contribution in [1.29, 1.82) is 0 Å². The molecule has 0 radical (unpaired) electrons.